The van der Waals surface area contributed by atoms with E-state index < -0.39 is 5.60 Å². The standard InChI is InChI=1S/C14H21NO2/c1-14(2,3)17-13(16)10-9-12(15)11-7-5-4-6-8-11/h4-8,12H,9-10,15H2,1-3H3/t12-/m1/s1. The molecule has 0 fully saturated rings. The molecule has 0 amide bonds. The van der Waals surface area contributed by atoms with Gasteiger partial charge in [-0.25, -0.2) is 0 Å². The summed E-state index contributed by atoms with van der Waals surface area (Å²) >= 11 is 0. The SMILES string of the molecule is CC(C)(C)OC(=O)CC[C@@H](N)c1ccccc1. The van der Waals surface area contributed by atoms with E-state index in [0.29, 0.717) is 12.8 Å². The van der Waals surface area contributed by atoms with Crippen LogP contribution in [0.1, 0.15) is 45.2 Å². The van der Waals surface area contributed by atoms with Gasteiger partial charge < -0.3 is 10.5 Å². The van der Waals surface area contributed by atoms with Crippen LogP contribution in [0.2, 0.25) is 0 Å². The van der Waals surface area contributed by atoms with Crippen molar-refractivity contribution in [3.05, 3.63) is 35.9 Å². The second kappa shape index (κ2) is 5.82. The number of benzene rings is 1. The zero-order valence-corrected chi connectivity index (χ0v) is 10.8. The summed E-state index contributed by atoms with van der Waals surface area (Å²) in [6.45, 7) is 5.59. The van der Waals surface area contributed by atoms with Gasteiger partial charge in [-0.05, 0) is 32.8 Å². The monoisotopic (exact) mass is 235 g/mol. The molecule has 2 N–H and O–H groups in total. The first-order valence-electron chi connectivity index (χ1n) is 5.91. The van der Waals surface area contributed by atoms with Crippen LogP contribution in [0, 0.1) is 0 Å². The molecule has 0 aliphatic heterocycles. The molecule has 1 atom stereocenters. The lowest BCUT2D eigenvalue weighted by atomic mass is 10.0. The van der Waals surface area contributed by atoms with Gasteiger partial charge in [0.05, 0.1) is 0 Å². The Morgan fingerprint density at radius 2 is 1.88 bits per heavy atom. The molecule has 0 aliphatic rings. The smallest absolute Gasteiger partial charge is 0.306 e. The maximum Gasteiger partial charge on any atom is 0.306 e. The van der Waals surface area contributed by atoms with Crippen LogP contribution in [0.25, 0.3) is 0 Å². The lowest BCUT2D eigenvalue weighted by Crippen LogP contribution is -2.24. The van der Waals surface area contributed by atoms with Gasteiger partial charge in [0.2, 0.25) is 0 Å². The third-order valence-electron chi connectivity index (χ3n) is 2.31. The average Bonchev–Trinajstić information content (AvgIpc) is 2.25. The van der Waals surface area contributed by atoms with Gasteiger partial charge in [0.25, 0.3) is 0 Å². The molecule has 0 bridgehead atoms. The molecule has 0 saturated heterocycles. The van der Waals surface area contributed by atoms with Crippen molar-refractivity contribution in [1.29, 1.82) is 0 Å². The minimum absolute atomic E-state index is 0.108. The molecule has 3 nitrogen and oxygen atoms in total. The molecule has 17 heavy (non-hydrogen) atoms. The van der Waals surface area contributed by atoms with E-state index in [1.165, 1.54) is 0 Å². The molecule has 1 rings (SSSR count). The van der Waals surface area contributed by atoms with Crippen LogP contribution in [0.5, 0.6) is 0 Å². The van der Waals surface area contributed by atoms with E-state index in [1.54, 1.807) is 0 Å². The van der Waals surface area contributed by atoms with Crippen molar-refractivity contribution < 1.29 is 9.53 Å². The second-order valence-corrected chi connectivity index (χ2v) is 5.14. The number of hydrogen-bond acceptors (Lipinski definition) is 3. The summed E-state index contributed by atoms with van der Waals surface area (Å²) in [4.78, 5) is 11.5. The van der Waals surface area contributed by atoms with Gasteiger partial charge in [0.1, 0.15) is 5.60 Å². The third-order valence-corrected chi connectivity index (χ3v) is 2.31. The Kier molecular flexibility index (Phi) is 4.70. The lowest BCUT2D eigenvalue weighted by molar-refractivity contribution is -0.155. The van der Waals surface area contributed by atoms with Crippen molar-refractivity contribution in [1.82, 2.24) is 0 Å². The van der Waals surface area contributed by atoms with Gasteiger partial charge in [-0.15, -0.1) is 0 Å². The first kappa shape index (κ1) is 13.7. The molecule has 1 aromatic rings. The summed E-state index contributed by atoms with van der Waals surface area (Å²) in [5.74, 6) is -0.191. The summed E-state index contributed by atoms with van der Waals surface area (Å²) in [7, 11) is 0. The number of esters is 1. The predicted molar refractivity (Wildman–Crippen MR) is 68.4 cm³/mol. The molecule has 0 heterocycles. The van der Waals surface area contributed by atoms with Gasteiger partial charge >= 0.3 is 5.97 Å². The molecular weight excluding hydrogens is 214 g/mol. The normalized spacial score (nSPS) is 13.2. The Hall–Kier alpha value is -1.35. The number of nitrogens with two attached hydrogens (primary N) is 1. The van der Waals surface area contributed by atoms with E-state index in [-0.39, 0.29) is 12.0 Å². The van der Waals surface area contributed by atoms with Crippen molar-refractivity contribution >= 4 is 5.97 Å². The Bertz CT molecular complexity index is 354. The van der Waals surface area contributed by atoms with Gasteiger partial charge in [0.15, 0.2) is 0 Å². The van der Waals surface area contributed by atoms with Gasteiger partial charge in [0, 0.05) is 12.5 Å². The Morgan fingerprint density at radius 1 is 1.29 bits per heavy atom. The number of carbonyl (C=O) groups excluding carboxylic acids is 1. The number of hydrogen-bond donors (Lipinski definition) is 1. The highest BCUT2D eigenvalue weighted by Crippen LogP contribution is 2.17. The number of rotatable bonds is 4. The van der Waals surface area contributed by atoms with Gasteiger partial charge in [-0.3, -0.25) is 4.79 Å². The number of carbonyl (C=O) groups is 1. The molecule has 0 saturated carbocycles. The molecule has 0 radical (unpaired) electrons. The minimum atomic E-state index is -0.423. The molecule has 0 aliphatic carbocycles. The largest absolute Gasteiger partial charge is 0.460 e. The van der Waals surface area contributed by atoms with Gasteiger partial charge in [-0.1, -0.05) is 30.3 Å². The van der Waals surface area contributed by atoms with Crippen LogP contribution in [-0.2, 0) is 9.53 Å². The second-order valence-electron chi connectivity index (χ2n) is 5.14. The van der Waals surface area contributed by atoms with Crippen molar-refractivity contribution in [3.8, 4) is 0 Å². The highest BCUT2D eigenvalue weighted by molar-refractivity contribution is 5.69. The molecular formula is C14H21NO2. The first-order chi connectivity index (χ1) is 7.88. The summed E-state index contributed by atoms with van der Waals surface area (Å²) in [6.07, 6.45) is 0.965. The molecule has 0 unspecified atom stereocenters. The van der Waals surface area contributed by atoms with Crippen LogP contribution in [-0.4, -0.2) is 11.6 Å². The topological polar surface area (TPSA) is 52.3 Å². The average molecular weight is 235 g/mol. The van der Waals surface area contributed by atoms with Crippen molar-refractivity contribution in [2.75, 3.05) is 0 Å². The van der Waals surface area contributed by atoms with E-state index in [4.69, 9.17) is 10.5 Å². The molecule has 0 aromatic heterocycles. The molecule has 3 heteroatoms. The fourth-order valence-electron chi connectivity index (χ4n) is 1.53. The zero-order chi connectivity index (χ0) is 12.9. The van der Waals surface area contributed by atoms with Crippen LogP contribution in [0.3, 0.4) is 0 Å². The lowest BCUT2D eigenvalue weighted by Gasteiger charge is -2.20. The van der Waals surface area contributed by atoms with Crippen molar-refractivity contribution in [2.24, 2.45) is 5.73 Å². The summed E-state index contributed by atoms with van der Waals surface area (Å²) in [5, 5.41) is 0. The van der Waals surface area contributed by atoms with E-state index in [0.717, 1.165) is 5.56 Å². The zero-order valence-electron chi connectivity index (χ0n) is 10.8. The Labute approximate surface area is 103 Å². The summed E-state index contributed by atoms with van der Waals surface area (Å²) in [5.41, 5.74) is 6.63. The highest BCUT2D eigenvalue weighted by Gasteiger charge is 2.17. The van der Waals surface area contributed by atoms with E-state index in [2.05, 4.69) is 0 Å². The number of ether oxygens (including phenoxy) is 1. The predicted octanol–water partition coefficient (Wildman–Crippen LogP) is 2.81. The van der Waals surface area contributed by atoms with Gasteiger partial charge in [-0.2, -0.15) is 0 Å². The van der Waals surface area contributed by atoms with E-state index in [9.17, 15) is 4.79 Å². The van der Waals surface area contributed by atoms with Crippen LogP contribution < -0.4 is 5.73 Å². The quantitative estimate of drug-likeness (QED) is 0.816. The van der Waals surface area contributed by atoms with Crippen LogP contribution in [0.4, 0.5) is 0 Å². The van der Waals surface area contributed by atoms with Crippen molar-refractivity contribution in [3.63, 3.8) is 0 Å². The minimum Gasteiger partial charge on any atom is -0.460 e. The molecule has 94 valence electrons. The maximum absolute atomic E-state index is 11.5. The van der Waals surface area contributed by atoms with Crippen LogP contribution in [0.15, 0.2) is 30.3 Å². The van der Waals surface area contributed by atoms with E-state index in [1.807, 2.05) is 51.1 Å². The highest BCUT2D eigenvalue weighted by atomic mass is 16.6. The van der Waals surface area contributed by atoms with Crippen LogP contribution >= 0.6 is 0 Å². The van der Waals surface area contributed by atoms with Crippen molar-refractivity contribution in [2.45, 2.75) is 45.3 Å². The first-order valence-corrected chi connectivity index (χ1v) is 5.91. The summed E-state index contributed by atoms with van der Waals surface area (Å²) < 4.78 is 5.23. The van der Waals surface area contributed by atoms with E-state index >= 15 is 0 Å². The Balaban J connectivity index is 2.39. The fraction of sp³-hybridized carbons (Fsp3) is 0.500. The fourth-order valence-corrected chi connectivity index (χ4v) is 1.53. The molecule has 1 aromatic carbocycles. The summed E-state index contributed by atoms with van der Waals surface area (Å²) in [6, 6.07) is 9.68. The molecule has 0 spiro atoms. The third kappa shape index (κ3) is 5.50. The Morgan fingerprint density at radius 3 is 2.41 bits per heavy atom. The maximum atomic E-state index is 11.5.